The molecular weight excluding hydrogens is 374 g/mol. The number of nitrogens with zero attached hydrogens (tertiary/aromatic N) is 2. The summed E-state index contributed by atoms with van der Waals surface area (Å²) >= 11 is 0. The Bertz CT molecular complexity index is 1100. The number of ketones is 1. The van der Waals surface area contributed by atoms with Gasteiger partial charge in [-0.05, 0) is 50.2 Å². The van der Waals surface area contributed by atoms with E-state index in [1.165, 1.54) is 6.92 Å². The van der Waals surface area contributed by atoms with Gasteiger partial charge in [-0.15, -0.1) is 0 Å². The van der Waals surface area contributed by atoms with Crippen molar-refractivity contribution in [3.8, 4) is 12.0 Å². The summed E-state index contributed by atoms with van der Waals surface area (Å²) in [5, 5.41) is 12.0. The molecule has 0 aliphatic rings. The summed E-state index contributed by atoms with van der Waals surface area (Å²) < 4.78 is 12.2. The van der Waals surface area contributed by atoms with Crippen LogP contribution in [0.25, 0.3) is 5.88 Å². The molecule has 0 aliphatic carbocycles. The van der Waals surface area contributed by atoms with E-state index in [1.54, 1.807) is 60.3 Å². The van der Waals surface area contributed by atoms with Crippen molar-refractivity contribution in [2.75, 3.05) is 11.9 Å². The molecule has 29 heavy (non-hydrogen) atoms. The number of hydrogen-bond donors (Lipinski definition) is 1. The second-order valence-electron chi connectivity index (χ2n) is 6.17. The SMILES string of the molecule is CC(=O)c1ccc(NC(=O)COC(=O)c2c(C)oc(-n3cccc3)c2C#N)cc1. The van der Waals surface area contributed by atoms with Crippen molar-refractivity contribution in [3.63, 3.8) is 0 Å². The van der Waals surface area contributed by atoms with Crippen LogP contribution in [0.4, 0.5) is 5.69 Å². The number of nitrogens with one attached hydrogen (secondary N) is 1. The molecule has 0 bridgehead atoms. The second-order valence-corrected chi connectivity index (χ2v) is 6.17. The van der Waals surface area contributed by atoms with E-state index in [0.717, 1.165) is 0 Å². The minimum absolute atomic E-state index is 0.0187. The van der Waals surface area contributed by atoms with Crippen LogP contribution < -0.4 is 5.32 Å². The van der Waals surface area contributed by atoms with E-state index in [2.05, 4.69) is 5.32 Å². The Morgan fingerprint density at radius 2 is 1.83 bits per heavy atom. The fraction of sp³-hybridized carbons (Fsp3) is 0.143. The number of ether oxygens (including phenoxy) is 1. The number of hydrogen-bond acceptors (Lipinski definition) is 6. The molecule has 0 unspecified atom stereocenters. The van der Waals surface area contributed by atoms with Gasteiger partial charge in [0.2, 0.25) is 5.88 Å². The Kier molecular flexibility index (Phi) is 5.60. The van der Waals surface area contributed by atoms with Crippen LogP contribution in [-0.4, -0.2) is 28.8 Å². The van der Waals surface area contributed by atoms with Crippen molar-refractivity contribution in [2.24, 2.45) is 0 Å². The molecule has 0 saturated carbocycles. The first-order chi connectivity index (χ1) is 13.9. The number of amides is 1. The minimum atomic E-state index is -0.830. The van der Waals surface area contributed by atoms with Gasteiger partial charge in [-0.2, -0.15) is 5.26 Å². The van der Waals surface area contributed by atoms with Gasteiger partial charge < -0.3 is 14.5 Å². The van der Waals surface area contributed by atoms with Crippen molar-refractivity contribution in [2.45, 2.75) is 13.8 Å². The zero-order valence-electron chi connectivity index (χ0n) is 15.8. The average Bonchev–Trinajstić information content (AvgIpc) is 3.33. The lowest BCUT2D eigenvalue weighted by Gasteiger charge is -2.07. The van der Waals surface area contributed by atoms with Crippen LogP contribution in [0.15, 0.2) is 53.2 Å². The van der Waals surface area contributed by atoms with Gasteiger partial charge in [0, 0.05) is 23.6 Å². The van der Waals surface area contributed by atoms with Crippen LogP contribution >= 0.6 is 0 Å². The summed E-state index contributed by atoms with van der Waals surface area (Å²) in [6.45, 7) is 2.45. The largest absolute Gasteiger partial charge is 0.452 e. The van der Waals surface area contributed by atoms with Crippen LogP contribution in [0.1, 0.15) is 39.0 Å². The third-order valence-corrected chi connectivity index (χ3v) is 4.13. The monoisotopic (exact) mass is 391 g/mol. The molecule has 0 aliphatic heterocycles. The normalized spacial score (nSPS) is 10.2. The Morgan fingerprint density at radius 3 is 2.41 bits per heavy atom. The third kappa shape index (κ3) is 4.25. The minimum Gasteiger partial charge on any atom is -0.452 e. The van der Waals surface area contributed by atoms with Gasteiger partial charge in [0.1, 0.15) is 23.0 Å². The van der Waals surface area contributed by atoms with Crippen molar-refractivity contribution < 1.29 is 23.5 Å². The number of carbonyl (C=O) groups excluding carboxylic acids is 3. The van der Waals surface area contributed by atoms with Gasteiger partial charge in [-0.25, -0.2) is 4.79 Å². The van der Waals surface area contributed by atoms with Gasteiger partial charge >= 0.3 is 5.97 Å². The highest BCUT2D eigenvalue weighted by Crippen LogP contribution is 2.26. The van der Waals surface area contributed by atoms with Crippen LogP contribution in [-0.2, 0) is 9.53 Å². The molecule has 1 N–H and O–H groups in total. The van der Waals surface area contributed by atoms with Crippen LogP contribution in [0.5, 0.6) is 0 Å². The topological polar surface area (TPSA) is 114 Å². The highest BCUT2D eigenvalue weighted by Gasteiger charge is 2.26. The van der Waals surface area contributed by atoms with Gasteiger partial charge in [0.25, 0.3) is 5.91 Å². The number of carbonyl (C=O) groups is 3. The molecule has 146 valence electrons. The maximum Gasteiger partial charge on any atom is 0.343 e. The zero-order chi connectivity index (χ0) is 21.0. The molecule has 3 aromatic rings. The quantitative estimate of drug-likeness (QED) is 0.510. The number of Topliss-reactive ketones (excluding diaryl/α,β-unsaturated/α-hetero) is 1. The van der Waals surface area contributed by atoms with Crippen molar-refractivity contribution >= 4 is 23.3 Å². The number of esters is 1. The highest BCUT2D eigenvalue weighted by molar-refractivity contribution is 5.98. The number of furan rings is 1. The molecule has 0 fully saturated rings. The summed E-state index contributed by atoms with van der Waals surface area (Å²) in [6.07, 6.45) is 3.36. The maximum absolute atomic E-state index is 12.4. The number of nitriles is 1. The number of anilines is 1. The van der Waals surface area contributed by atoms with E-state index >= 15 is 0 Å². The molecule has 1 amide bonds. The summed E-state index contributed by atoms with van der Waals surface area (Å²) in [7, 11) is 0. The molecular formula is C21H17N3O5. The van der Waals surface area contributed by atoms with Crippen LogP contribution in [0.2, 0.25) is 0 Å². The fourth-order valence-electron chi connectivity index (χ4n) is 2.72. The van der Waals surface area contributed by atoms with E-state index in [1.807, 2.05) is 6.07 Å². The third-order valence-electron chi connectivity index (χ3n) is 4.13. The maximum atomic E-state index is 12.4. The number of rotatable bonds is 6. The Labute approximate surface area is 166 Å². The van der Waals surface area contributed by atoms with Crippen LogP contribution in [0.3, 0.4) is 0 Å². The first-order valence-electron chi connectivity index (χ1n) is 8.65. The van der Waals surface area contributed by atoms with Gasteiger partial charge in [0.05, 0.1) is 0 Å². The van der Waals surface area contributed by atoms with E-state index in [9.17, 15) is 19.6 Å². The zero-order valence-corrected chi connectivity index (χ0v) is 15.8. The number of aryl methyl sites for hydroxylation is 1. The molecule has 8 heteroatoms. The van der Waals surface area contributed by atoms with Gasteiger partial charge in [-0.1, -0.05) is 0 Å². The predicted molar refractivity (Wildman–Crippen MR) is 103 cm³/mol. The first-order valence-corrected chi connectivity index (χ1v) is 8.65. The van der Waals surface area contributed by atoms with E-state index < -0.39 is 18.5 Å². The summed E-state index contributed by atoms with van der Waals surface area (Å²) in [5.74, 6) is -1.05. The Hall–Kier alpha value is -4.12. The molecule has 1 aromatic carbocycles. The molecule has 8 nitrogen and oxygen atoms in total. The Morgan fingerprint density at radius 1 is 1.17 bits per heavy atom. The summed E-state index contributed by atoms with van der Waals surface area (Å²) in [4.78, 5) is 35.8. The number of benzene rings is 1. The van der Waals surface area contributed by atoms with E-state index in [-0.39, 0.29) is 28.6 Å². The lowest BCUT2D eigenvalue weighted by molar-refractivity contribution is -0.119. The molecule has 2 aromatic heterocycles. The van der Waals surface area contributed by atoms with E-state index in [4.69, 9.17) is 9.15 Å². The van der Waals surface area contributed by atoms with Gasteiger partial charge in [-0.3, -0.25) is 14.2 Å². The van der Waals surface area contributed by atoms with Crippen molar-refractivity contribution in [3.05, 3.63) is 71.2 Å². The molecule has 2 heterocycles. The standard InChI is InChI=1S/C21H17N3O5/c1-13(25)15-5-7-16(8-6-15)23-18(26)12-28-21(27)19-14(2)29-20(17(19)11-22)24-9-3-4-10-24/h3-10H,12H2,1-2H3,(H,23,26). The van der Waals surface area contributed by atoms with Crippen LogP contribution in [0, 0.1) is 18.3 Å². The van der Waals surface area contributed by atoms with Gasteiger partial charge in [0.15, 0.2) is 12.4 Å². The van der Waals surface area contributed by atoms with E-state index in [0.29, 0.717) is 11.3 Å². The van der Waals surface area contributed by atoms with Crippen molar-refractivity contribution in [1.82, 2.24) is 4.57 Å². The highest BCUT2D eigenvalue weighted by atomic mass is 16.5. The molecule has 3 rings (SSSR count). The molecule has 0 saturated heterocycles. The smallest absolute Gasteiger partial charge is 0.343 e. The number of aromatic nitrogens is 1. The molecule has 0 radical (unpaired) electrons. The second kappa shape index (κ2) is 8.27. The fourth-order valence-corrected chi connectivity index (χ4v) is 2.72. The predicted octanol–water partition coefficient (Wildman–Crippen LogP) is 3.25. The average molecular weight is 391 g/mol. The molecule has 0 atom stereocenters. The molecule has 0 spiro atoms. The first kappa shape index (κ1) is 19.6. The lowest BCUT2D eigenvalue weighted by Crippen LogP contribution is -2.21. The summed E-state index contributed by atoms with van der Waals surface area (Å²) in [6, 6.07) is 11.8. The lowest BCUT2D eigenvalue weighted by atomic mass is 10.1. The summed E-state index contributed by atoms with van der Waals surface area (Å²) in [5.41, 5.74) is 0.995. The van der Waals surface area contributed by atoms with Crippen molar-refractivity contribution in [1.29, 1.82) is 5.26 Å². The Balaban J connectivity index is 1.67.